The van der Waals surface area contributed by atoms with Crippen LogP contribution in [-0.2, 0) is 27.2 Å². The highest BCUT2D eigenvalue weighted by molar-refractivity contribution is 7.98. The van der Waals surface area contributed by atoms with Crippen molar-refractivity contribution in [1.82, 2.24) is 10.2 Å². The van der Waals surface area contributed by atoms with Crippen LogP contribution in [0.5, 0.6) is 0 Å². The zero-order valence-corrected chi connectivity index (χ0v) is 32.2. The molecule has 0 fully saturated rings. The molecule has 0 aliphatic rings. The molecule has 280 valence electrons. The highest BCUT2D eigenvalue weighted by atomic mass is 32.2. The van der Waals surface area contributed by atoms with Crippen LogP contribution < -0.4 is 11.1 Å². The van der Waals surface area contributed by atoms with E-state index < -0.39 is 48.1 Å². The minimum absolute atomic E-state index is 0.0674. The van der Waals surface area contributed by atoms with Crippen molar-refractivity contribution in [1.29, 1.82) is 0 Å². The Kier molecular flexibility index (Phi) is 15.3. The maximum atomic E-state index is 14.6. The first-order valence-corrected chi connectivity index (χ1v) is 20.0. The molecular weight excluding hydrogens is 671 g/mol. The second-order valence-corrected chi connectivity index (χ2v) is 15.7. The molecule has 0 heterocycles. The van der Waals surface area contributed by atoms with Crippen molar-refractivity contribution in [3.63, 3.8) is 0 Å². The molecule has 0 saturated heterocycles. The van der Waals surface area contributed by atoms with Gasteiger partial charge in [0.2, 0.25) is 11.8 Å². The maximum Gasteiger partial charge on any atom is 0.252 e. The fraction of sp³-hybridized carbons (Fsp3) is 0.465. The van der Waals surface area contributed by atoms with Crippen molar-refractivity contribution < 1.29 is 24.6 Å². The lowest BCUT2D eigenvalue weighted by atomic mass is 9.87. The summed E-state index contributed by atoms with van der Waals surface area (Å²) in [6.45, 7) is 6.57. The SMILES string of the molecule is CSCC[C@H](NC(=O)C(Cc1cccc2ccccc12)Cc1cccc2ccccc12)C(=O)N(C(=O)CCCCC(C)C)[C@H](CO)[C@@](C)(O)[C@H](C)N. The Hall–Kier alpha value is -3.76. The van der Waals surface area contributed by atoms with Gasteiger partial charge in [0.05, 0.1) is 18.2 Å². The summed E-state index contributed by atoms with van der Waals surface area (Å²) >= 11 is 1.53. The molecule has 0 aliphatic heterocycles. The molecule has 4 aromatic rings. The van der Waals surface area contributed by atoms with Crippen LogP contribution in [0, 0.1) is 11.8 Å². The minimum Gasteiger partial charge on any atom is -0.394 e. The molecule has 4 atom stereocenters. The number of imide groups is 1. The molecule has 0 saturated carbocycles. The summed E-state index contributed by atoms with van der Waals surface area (Å²) in [4.78, 5) is 44.2. The van der Waals surface area contributed by atoms with Gasteiger partial charge in [-0.05, 0) is 90.1 Å². The molecular formula is C43H57N3O5S. The van der Waals surface area contributed by atoms with Crippen LogP contribution in [-0.4, -0.2) is 75.2 Å². The molecule has 0 aromatic heterocycles. The number of aliphatic hydroxyl groups is 2. The summed E-state index contributed by atoms with van der Waals surface area (Å²) in [5, 5.41) is 29.4. The molecule has 8 nitrogen and oxygen atoms in total. The molecule has 4 aromatic carbocycles. The van der Waals surface area contributed by atoms with E-state index in [-0.39, 0.29) is 18.7 Å². The molecule has 0 unspecified atom stereocenters. The van der Waals surface area contributed by atoms with Crippen molar-refractivity contribution in [3.8, 4) is 0 Å². The van der Waals surface area contributed by atoms with Crippen LogP contribution in [0.4, 0.5) is 0 Å². The number of hydrogen-bond acceptors (Lipinski definition) is 7. The van der Waals surface area contributed by atoms with E-state index >= 15 is 0 Å². The lowest BCUT2D eigenvalue weighted by Crippen LogP contribution is -2.65. The highest BCUT2D eigenvalue weighted by Gasteiger charge is 2.45. The number of aliphatic hydroxyl groups excluding tert-OH is 1. The molecule has 4 rings (SSSR count). The largest absolute Gasteiger partial charge is 0.394 e. The molecule has 0 radical (unpaired) electrons. The molecule has 5 N–H and O–H groups in total. The van der Waals surface area contributed by atoms with E-state index in [4.69, 9.17) is 5.73 Å². The molecule has 0 aliphatic carbocycles. The smallest absolute Gasteiger partial charge is 0.252 e. The number of fused-ring (bicyclic) bond motifs is 2. The topological polar surface area (TPSA) is 133 Å². The summed E-state index contributed by atoms with van der Waals surface area (Å²) in [6.07, 6.45) is 5.39. The number of amides is 3. The number of nitrogens with one attached hydrogen (secondary N) is 1. The number of carbonyl (C=O) groups is 3. The summed E-state index contributed by atoms with van der Waals surface area (Å²) < 4.78 is 0. The predicted molar refractivity (Wildman–Crippen MR) is 214 cm³/mol. The van der Waals surface area contributed by atoms with Gasteiger partial charge in [-0.3, -0.25) is 19.3 Å². The first kappa shape index (κ1) is 41.0. The number of benzene rings is 4. The van der Waals surface area contributed by atoms with Crippen molar-refractivity contribution in [2.24, 2.45) is 17.6 Å². The zero-order chi connectivity index (χ0) is 37.8. The Morgan fingerprint density at radius 2 is 1.37 bits per heavy atom. The van der Waals surface area contributed by atoms with Crippen LogP contribution in [0.2, 0.25) is 0 Å². The van der Waals surface area contributed by atoms with Crippen LogP contribution in [0.15, 0.2) is 84.9 Å². The average molecular weight is 728 g/mol. The zero-order valence-electron chi connectivity index (χ0n) is 31.4. The summed E-state index contributed by atoms with van der Waals surface area (Å²) in [5.41, 5.74) is 6.43. The number of nitrogens with zero attached hydrogens (tertiary/aromatic N) is 1. The molecule has 0 spiro atoms. The van der Waals surface area contributed by atoms with Crippen LogP contribution >= 0.6 is 11.8 Å². The minimum atomic E-state index is -1.78. The number of carbonyl (C=O) groups excluding carboxylic acids is 3. The monoisotopic (exact) mass is 727 g/mol. The fourth-order valence-electron chi connectivity index (χ4n) is 6.91. The van der Waals surface area contributed by atoms with E-state index in [2.05, 4.69) is 55.6 Å². The second kappa shape index (κ2) is 19.4. The van der Waals surface area contributed by atoms with Gasteiger partial charge in [-0.15, -0.1) is 0 Å². The van der Waals surface area contributed by atoms with Gasteiger partial charge in [-0.25, -0.2) is 0 Å². The van der Waals surface area contributed by atoms with Gasteiger partial charge >= 0.3 is 0 Å². The van der Waals surface area contributed by atoms with Gasteiger partial charge in [0.1, 0.15) is 6.04 Å². The Morgan fingerprint density at radius 3 is 1.87 bits per heavy atom. The van der Waals surface area contributed by atoms with Gasteiger partial charge in [0.25, 0.3) is 5.91 Å². The summed E-state index contributed by atoms with van der Waals surface area (Å²) in [7, 11) is 0. The third-order valence-electron chi connectivity index (χ3n) is 10.3. The first-order chi connectivity index (χ1) is 24.9. The van der Waals surface area contributed by atoms with E-state index in [0.717, 1.165) is 50.4 Å². The number of thioether (sulfide) groups is 1. The average Bonchev–Trinajstić information content (AvgIpc) is 3.13. The Balaban J connectivity index is 1.72. The van der Waals surface area contributed by atoms with Crippen molar-refractivity contribution in [2.45, 2.75) is 96.4 Å². The third-order valence-corrected chi connectivity index (χ3v) is 10.9. The van der Waals surface area contributed by atoms with E-state index in [1.165, 1.54) is 18.7 Å². The third kappa shape index (κ3) is 10.4. The number of hydrogen-bond donors (Lipinski definition) is 4. The number of nitrogens with two attached hydrogens (primary N) is 1. The summed E-state index contributed by atoms with van der Waals surface area (Å²) in [6, 6.07) is 25.2. The van der Waals surface area contributed by atoms with Gasteiger partial charge in [0.15, 0.2) is 0 Å². The molecule has 52 heavy (non-hydrogen) atoms. The predicted octanol–water partition coefficient (Wildman–Crippen LogP) is 6.66. The molecule has 9 heteroatoms. The van der Waals surface area contributed by atoms with E-state index in [1.54, 1.807) is 6.92 Å². The van der Waals surface area contributed by atoms with Gasteiger partial charge in [-0.2, -0.15) is 11.8 Å². The van der Waals surface area contributed by atoms with Crippen molar-refractivity contribution in [3.05, 3.63) is 96.1 Å². The van der Waals surface area contributed by atoms with Crippen LogP contribution in [0.3, 0.4) is 0 Å². The lowest BCUT2D eigenvalue weighted by Gasteiger charge is -2.42. The molecule has 0 bridgehead atoms. The molecule has 3 amide bonds. The Morgan fingerprint density at radius 1 is 0.827 bits per heavy atom. The van der Waals surface area contributed by atoms with Gasteiger partial charge in [0, 0.05) is 18.4 Å². The fourth-order valence-corrected chi connectivity index (χ4v) is 7.38. The van der Waals surface area contributed by atoms with Crippen LogP contribution in [0.25, 0.3) is 21.5 Å². The van der Waals surface area contributed by atoms with Crippen molar-refractivity contribution in [2.75, 3.05) is 18.6 Å². The lowest BCUT2D eigenvalue weighted by molar-refractivity contribution is -0.160. The van der Waals surface area contributed by atoms with Crippen molar-refractivity contribution >= 4 is 51.0 Å². The standard InChI is InChI=1S/C43H57N3O5S/c1-29(2)14-6-11-23-40(48)46(39(28-47)43(4,51)30(3)44)42(50)38(24-25-52-5)45-41(49)35(26-33-19-12-17-31-15-7-9-21-36(31)33)27-34-20-13-18-32-16-8-10-22-37(32)34/h7-10,12-13,15-22,29-30,35,38-39,47,51H,6,11,14,23-28,44H2,1-5H3,(H,45,49)/t30-,38-,39+,43-/m0/s1. The normalized spacial score (nSPS) is 14.7. The van der Waals surface area contributed by atoms with E-state index in [9.17, 15) is 24.6 Å². The quantitative estimate of drug-likeness (QED) is 0.0795. The van der Waals surface area contributed by atoms with Crippen LogP contribution in [0.1, 0.15) is 70.9 Å². The van der Waals surface area contributed by atoms with Gasteiger partial charge < -0.3 is 21.3 Å². The second-order valence-electron chi connectivity index (χ2n) is 14.7. The first-order valence-electron chi connectivity index (χ1n) is 18.6. The highest BCUT2D eigenvalue weighted by Crippen LogP contribution is 2.28. The number of unbranched alkanes of at least 4 members (excludes halogenated alkanes) is 1. The Labute approximate surface area is 313 Å². The van der Waals surface area contributed by atoms with Gasteiger partial charge in [-0.1, -0.05) is 112 Å². The maximum absolute atomic E-state index is 14.6. The van der Waals surface area contributed by atoms with E-state index in [1.807, 2.05) is 54.8 Å². The summed E-state index contributed by atoms with van der Waals surface area (Å²) in [5.74, 6) is -0.992. The Bertz CT molecular complexity index is 1700. The number of rotatable bonds is 19. The van der Waals surface area contributed by atoms with E-state index in [0.29, 0.717) is 30.9 Å².